The minimum absolute atomic E-state index is 0.205. The summed E-state index contributed by atoms with van der Waals surface area (Å²) in [7, 11) is 2.70. The zero-order chi connectivity index (χ0) is 20.2. The maximum absolute atomic E-state index is 13.0. The molecule has 4 rings (SSSR count). The molecule has 0 fully saturated rings. The van der Waals surface area contributed by atoms with E-state index in [9.17, 15) is 14.4 Å². The van der Waals surface area contributed by atoms with E-state index in [1.807, 2.05) is 23.6 Å². The van der Waals surface area contributed by atoms with E-state index in [0.717, 1.165) is 15.9 Å². The smallest absolute Gasteiger partial charge is 0.333 e. The monoisotopic (exact) mass is 401 g/mol. The molecular formula is C18H16ClN5O4. The number of ether oxygens (including phenoxy) is 1. The van der Waals surface area contributed by atoms with Crippen LogP contribution in [0.3, 0.4) is 0 Å². The third kappa shape index (κ3) is 2.55. The summed E-state index contributed by atoms with van der Waals surface area (Å²) in [4.78, 5) is 41.7. The van der Waals surface area contributed by atoms with E-state index in [0.29, 0.717) is 10.8 Å². The zero-order valence-corrected chi connectivity index (χ0v) is 16.1. The van der Waals surface area contributed by atoms with E-state index in [-0.39, 0.29) is 11.2 Å². The summed E-state index contributed by atoms with van der Waals surface area (Å²) < 4.78 is 10.2. The van der Waals surface area contributed by atoms with Gasteiger partial charge < -0.3 is 4.74 Å². The number of methoxy groups -OCH3 is 1. The summed E-state index contributed by atoms with van der Waals surface area (Å²) in [5.41, 5.74) is 0.833. The first kappa shape index (κ1) is 18.1. The standard InChI is InChI=1S/C18H16ClN5O4/c1-10-8-22-14-15(20-17(22)24(10)12-6-4-11(19)5-7-12)21(2)18(27)23(16(14)26)9-13(25)28-3/h4-8H,9H2,1-3H3. The molecule has 0 saturated heterocycles. The maximum Gasteiger partial charge on any atom is 0.333 e. The minimum Gasteiger partial charge on any atom is -0.468 e. The van der Waals surface area contributed by atoms with Crippen LogP contribution in [0.15, 0.2) is 40.1 Å². The van der Waals surface area contributed by atoms with E-state index in [1.165, 1.54) is 18.7 Å². The van der Waals surface area contributed by atoms with Gasteiger partial charge in [-0.25, -0.2) is 9.36 Å². The molecule has 144 valence electrons. The maximum atomic E-state index is 13.0. The number of carbonyl (C=O) groups excluding carboxylic acids is 1. The lowest BCUT2D eigenvalue weighted by atomic mass is 10.3. The van der Waals surface area contributed by atoms with Crippen molar-refractivity contribution in [3.8, 4) is 5.69 Å². The van der Waals surface area contributed by atoms with Gasteiger partial charge in [0, 0.05) is 29.6 Å². The lowest BCUT2D eigenvalue weighted by Crippen LogP contribution is -2.41. The van der Waals surface area contributed by atoms with Gasteiger partial charge in [-0.05, 0) is 31.2 Å². The number of nitrogens with zero attached hydrogens (tertiary/aromatic N) is 5. The molecule has 28 heavy (non-hydrogen) atoms. The molecule has 0 aliphatic rings. The summed E-state index contributed by atoms with van der Waals surface area (Å²) in [6.07, 6.45) is 1.76. The summed E-state index contributed by atoms with van der Waals surface area (Å²) in [6, 6.07) is 7.19. The third-order valence-corrected chi connectivity index (χ3v) is 4.88. The van der Waals surface area contributed by atoms with E-state index in [1.54, 1.807) is 22.7 Å². The summed E-state index contributed by atoms with van der Waals surface area (Å²) in [5.74, 6) is -0.216. The fourth-order valence-electron chi connectivity index (χ4n) is 3.25. The Kier molecular flexibility index (Phi) is 4.11. The van der Waals surface area contributed by atoms with Crippen LogP contribution in [0.4, 0.5) is 0 Å². The minimum atomic E-state index is -0.686. The Morgan fingerprint density at radius 3 is 2.54 bits per heavy atom. The highest BCUT2D eigenvalue weighted by molar-refractivity contribution is 6.30. The highest BCUT2D eigenvalue weighted by Gasteiger charge is 2.21. The molecule has 0 amide bonds. The van der Waals surface area contributed by atoms with Crippen LogP contribution in [0.2, 0.25) is 5.02 Å². The van der Waals surface area contributed by atoms with Crippen molar-refractivity contribution >= 4 is 34.5 Å². The number of hydrogen-bond acceptors (Lipinski definition) is 5. The van der Waals surface area contributed by atoms with Gasteiger partial charge in [0.25, 0.3) is 5.56 Å². The van der Waals surface area contributed by atoms with Crippen LogP contribution < -0.4 is 11.2 Å². The molecule has 10 heteroatoms. The molecular weight excluding hydrogens is 386 g/mol. The van der Waals surface area contributed by atoms with Crippen molar-refractivity contribution in [2.24, 2.45) is 7.05 Å². The van der Waals surface area contributed by atoms with Crippen molar-refractivity contribution in [3.63, 3.8) is 0 Å². The Balaban J connectivity index is 2.07. The SMILES string of the molecule is COC(=O)Cn1c(=O)c2c(nc3n(-c4ccc(Cl)cc4)c(C)cn23)n(C)c1=O. The average molecular weight is 402 g/mol. The topological polar surface area (TPSA) is 92.5 Å². The Labute approximate surface area is 163 Å². The van der Waals surface area contributed by atoms with Crippen LogP contribution in [0, 0.1) is 6.92 Å². The average Bonchev–Trinajstić information content (AvgIpc) is 3.18. The van der Waals surface area contributed by atoms with Gasteiger partial charge in [0.1, 0.15) is 6.54 Å². The quantitative estimate of drug-likeness (QED) is 0.482. The molecule has 0 spiro atoms. The molecule has 0 radical (unpaired) electrons. The number of benzene rings is 1. The number of rotatable bonds is 3. The molecule has 0 bridgehead atoms. The van der Waals surface area contributed by atoms with Gasteiger partial charge >= 0.3 is 11.7 Å². The number of halogens is 1. The number of aromatic nitrogens is 5. The highest BCUT2D eigenvalue weighted by atomic mass is 35.5. The Bertz CT molecular complexity index is 1360. The highest BCUT2D eigenvalue weighted by Crippen LogP contribution is 2.22. The van der Waals surface area contributed by atoms with Crippen molar-refractivity contribution < 1.29 is 9.53 Å². The van der Waals surface area contributed by atoms with Crippen LogP contribution in [0.1, 0.15) is 5.69 Å². The number of fused-ring (bicyclic) bond motifs is 3. The van der Waals surface area contributed by atoms with E-state index in [4.69, 9.17) is 11.6 Å². The van der Waals surface area contributed by atoms with Gasteiger partial charge in [0.15, 0.2) is 11.2 Å². The van der Waals surface area contributed by atoms with Crippen LogP contribution >= 0.6 is 11.6 Å². The summed E-state index contributed by atoms with van der Waals surface area (Å²) in [5, 5.41) is 0.603. The number of aryl methyl sites for hydroxylation is 2. The molecule has 0 saturated carbocycles. The second kappa shape index (κ2) is 6.38. The van der Waals surface area contributed by atoms with Crippen molar-refractivity contribution in [2.45, 2.75) is 13.5 Å². The predicted octanol–water partition coefficient (Wildman–Crippen LogP) is 1.27. The molecule has 9 nitrogen and oxygen atoms in total. The van der Waals surface area contributed by atoms with E-state index < -0.39 is 23.8 Å². The summed E-state index contributed by atoms with van der Waals surface area (Å²) >= 11 is 5.98. The normalized spacial score (nSPS) is 11.4. The fourth-order valence-corrected chi connectivity index (χ4v) is 3.38. The molecule has 0 N–H and O–H groups in total. The molecule has 0 atom stereocenters. The predicted molar refractivity (Wildman–Crippen MR) is 103 cm³/mol. The van der Waals surface area contributed by atoms with Gasteiger partial charge in [0.2, 0.25) is 5.78 Å². The van der Waals surface area contributed by atoms with Gasteiger partial charge in [0.05, 0.1) is 7.11 Å². The van der Waals surface area contributed by atoms with Gasteiger partial charge in [-0.15, -0.1) is 0 Å². The molecule has 0 aliphatic heterocycles. The van der Waals surface area contributed by atoms with Gasteiger partial charge in [-0.3, -0.25) is 23.1 Å². The van der Waals surface area contributed by atoms with Crippen molar-refractivity contribution in [3.05, 3.63) is 62.0 Å². The van der Waals surface area contributed by atoms with Crippen LogP contribution in [-0.4, -0.2) is 36.2 Å². The van der Waals surface area contributed by atoms with Crippen molar-refractivity contribution in [1.82, 2.24) is 23.1 Å². The molecule has 0 aliphatic carbocycles. The first-order chi connectivity index (χ1) is 13.3. The molecule has 3 aromatic heterocycles. The number of hydrogen-bond donors (Lipinski definition) is 0. The lowest BCUT2D eigenvalue weighted by Gasteiger charge is -2.07. The molecule has 0 unspecified atom stereocenters. The largest absolute Gasteiger partial charge is 0.468 e. The first-order valence-corrected chi connectivity index (χ1v) is 8.74. The second-order valence-corrected chi connectivity index (χ2v) is 6.78. The number of imidazole rings is 2. The van der Waals surface area contributed by atoms with Gasteiger partial charge in [-0.1, -0.05) is 11.6 Å². The van der Waals surface area contributed by atoms with Crippen LogP contribution in [-0.2, 0) is 23.1 Å². The van der Waals surface area contributed by atoms with Crippen LogP contribution in [0.25, 0.3) is 22.6 Å². The van der Waals surface area contributed by atoms with Gasteiger partial charge in [-0.2, -0.15) is 4.98 Å². The Hall–Kier alpha value is -3.33. The van der Waals surface area contributed by atoms with E-state index in [2.05, 4.69) is 9.72 Å². The zero-order valence-electron chi connectivity index (χ0n) is 15.3. The first-order valence-electron chi connectivity index (χ1n) is 8.36. The molecule has 3 heterocycles. The third-order valence-electron chi connectivity index (χ3n) is 4.63. The number of esters is 1. The van der Waals surface area contributed by atoms with E-state index >= 15 is 0 Å². The molecule has 1 aromatic carbocycles. The lowest BCUT2D eigenvalue weighted by molar-refractivity contribution is -0.141. The molecule has 4 aromatic rings. The second-order valence-electron chi connectivity index (χ2n) is 6.35. The number of carbonyl (C=O) groups is 1. The Morgan fingerprint density at radius 2 is 1.89 bits per heavy atom. The summed E-state index contributed by atoms with van der Waals surface area (Å²) in [6.45, 7) is 1.41. The fraction of sp³-hybridized carbons (Fsp3) is 0.222. The van der Waals surface area contributed by atoms with Crippen molar-refractivity contribution in [2.75, 3.05) is 7.11 Å². The Morgan fingerprint density at radius 1 is 1.21 bits per heavy atom. The van der Waals surface area contributed by atoms with Crippen molar-refractivity contribution in [1.29, 1.82) is 0 Å². The van der Waals surface area contributed by atoms with Crippen LogP contribution in [0.5, 0.6) is 0 Å².